The van der Waals surface area contributed by atoms with Crippen LogP contribution in [0, 0.1) is 5.92 Å². The molecule has 1 amide bonds. The van der Waals surface area contributed by atoms with Crippen molar-refractivity contribution in [3.05, 3.63) is 30.1 Å². The Hall–Kier alpha value is -1.71. The minimum atomic E-state index is 0.0176. The van der Waals surface area contributed by atoms with Gasteiger partial charge in [0.25, 0.3) is 0 Å². The third kappa shape index (κ3) is 4.76. The third-order valence-electron chi connectivity index (χ3n) is 3.95. The summed E-state index contributed by atoms with van der Waals surface area (Å²) in [5.74, 6) is 0.753. The van der Waals surface area contributed by atoms with Gasteiger partial charge in [0.1, 0.15) is 0 Å². The number of hydrogen-bond acceptors (Lipinski definition) is 3. The maximum atomic E-state index is 11.8. The van der Waals surface area contributed by atoms with E-state index in [0.717, 1.165) is 23.6 Å². The van der Waals surface area contributed by atoms with Gasteiger partial charge >= 0.3 is 0 Å². The fourth-order valence-corrected chi connectivity index (χ4v) is 2.67. The van der Waals surface area contributed by atoms with Crippen molar-refractivity contribution in [2.24, 2.45) is 11.0 Å². The Morgan fingerprint density at radius 1 is 1.30 bits per heavy atom. The first-order valence-electron chi connectivity index (χ1n) is 7.49. The predicted octanol–water partition coefficient (Wildman–Crippen LogP) is 3.28. The normalized spacial score (nSPS) is 16.9. The number of carbonyl (C=O) groups excluding carboxylic acids is 1. The number of hydrazone groups is 1. The zero-order valence-corrected chi connectivity index (χ0v) is 12.1. The van der Waals surface area contributed by atoms with E-state index in [-0.39, 0.29) is 5.91 Å². The largest absolute Gasteiger partial charge is 0.273 e. The zero-order chi connectivity index (χ0) is 14.2. The van der Waals surface area contributed by atoms with Gasteiger partial charge in [-0.1, -0.05) is 32.1 Å². The first kappa shape index (κ1) is 14.7. The van der Waals surface area contributed by atoms with Crippen LogP contribution in [0.1, 0.15) is 57.4 Å². The maximum absolute atomic E-state index is 11.8. The number of hydrogen-bond donors (Lipinski definition) is 1. The highest BCUT2D eigenvalue weighted by molar-refractivity contribution is 5.99. The first-order chi connectivity index (χ1) is 9.75. The summed E-state index contributed by atoms with van der Waals surface area (Å²) >= 11 is 0. The molecule has 1 aromatic rings. The van der Waals surface area contributed by atoms with Crippen LogP contribution in [0.5, 0.6) is 0 Å². The monoisotopic (exact) mass is 273 g/mol. The Morgan fingerprint density at radius 3 is 2.70 bits per heavy atom. The molecule has 1 N–H and O–H groups in total. The van der Waals surface area contributed by atoms with Crippen molar-refractivity contribution in [2.75, 3.05) is 0 Å². The Balaban J connectivity index is 1.74. The van der Waals surface area contributed by atoms with E-state index in [1.807, 2.05) is 19.1 Å². The Kier molecular flexibility index (Phi) is 5.71. The van der Waals surface area contributed by atoms with Gasteiger partial charge in [0.05, 0.1) is 5.71 Å². The lowest BCUT2D eigenvalue weighted by Gasteiger charge is -2.20. The van der Waals surface area contributed by atoms with Crippen molar-refractivity contribution >= 4 is 11.6 Å². The number of rotatable bonds is 5. The Morgan fingerprint density at radius 2 is 2.00 bits per heavy atom. The first-order valence-corrected chi connectivity index (χ1v) is 7.49. The highest BCUT2D eigenvalue weighted by Gasteiger charge is 2.14. The summed E-state index contributed by atoms with van der Waals surface area (Å²) in [4.78, 5) is 15.8. The van der Waals surface area contributed by atoms with Crippen molar-refractivity contribution < 1.29 is 4.79 Å². The van der Waals surface area contributed by atoms with E-state index in [1.54, 1.807) is 12.4 Å². The molecule has 0 saturated heterocycles. The molecular weight excluding hydrogens is 250 g/mol. The molecule has 0 unspecified atom stereocenters. The van der Waals surface area contributed by atoms with Gasteiger partial charge in [-0.2, -0.15) is 5.10 Å². The molecule has 1 aromatic heterocycles. The molecule has 4 heteroatoms. The van der Waals surface area contributed by atoms with Gasteiger partial charge in [-0.15, -0.1) is 0 Å². The van der Waals surface area contributed by atoms with Crippen LogP contribution < -0.4 is 5.43 Å². The SMILES string of the molecule is CC(=NNC(=O)CCC1CCCCC1)c1ccncc1. The molecule has 1 aliphatic carbocycles. The molecule has 1 aliphatic rings. The van der Waals surface area contributed by atoms with Crippen LogP contribution in [-0.2, 0) is 4.79 Å². The molecule has 2 rings (SSSR count). The lowest BCUT2D eigenvalue weighted by atomic mass is 9.86. The molecule has 20 heavy (non-hydrogen) atoms. The topological polar surface area (TPSA) is 54.4 Å². The van der Waals surface area contributed by atoms with E-state index in [0.29, 0.717) is 6.42 Å². The molecule has 1 saturated carbocycles. The van der Waals surface area contributed by atoms with Crippen LogP contribution in [0.15, 0.2) is 29.6 Å². The molecule has 108 valence electrons. The van der Waals surface area contributed by atoms with Crippen LogP contribution in [0.4, 0.5) is 0 Å². The third-order valence-corrected chi connectivity index (χ3v) is 3.95. The van der Waals surface area contributed by atoms with Crippen LogP contribution in [0.2, 0.25) is 0 Å². The smallest absolute Gasteiger partial charge is 0.240 e. The van der Waals surface area contributed by atoms with Crippen molar-refractivity contribution in [3.8, 4) is 0 Å². The average Bonchev–Trinajstić information content (AvgIpc) is 2.52. The second kappa shape index (κ2) is 7.78. The van der Waals surface area contributed by atoms with Crippen LogP contribution in [-0.4, -0.2) is 16.6 Å². The van der Waals surface area contributed by atoms with E-state index in [4.69, 9.17) is 0 Å². The number of pyridine rings is 1. The molecule has 0 aromatic carbocycles. The van der Waals surface area contributed by atoms with Crippen molar-refractivity contribution in [2.45, 2.75) is 51.9 Å². The van der Waals surface area contributed by atoms with Crippen molar-refractivity contribution in [3.63, 3.8) is 0 Å². The van der Waals surface area contributed by atoms with Gasteiger partial charge in [0.2, 0.25) is 5.91 Å². The molecular formula is C16H23N3O. The van der Waals surface area contributed by atoms with Crippen LogP contribution in [0.3, 0.4) is 0 Å². The summed E-state index contributed by atoms with van der Waals surface area (Å²) in [6.07, 6.45) is 11.6. The van der Waals surface area contributed by atoms with Gasteiger partial charge in [-0.05, 0) is 31.4 Å². The van der Waals surface area contributed by atoms with Gasteiger partial charge in [-0.3, -0.25) is 9.78 Å². The van der Waals surface area contributed by atoms with Gasteiger partial charge in [0, 0.05) is 24.4 Å². The summed E-state index contributed by atoms with van der Waals surface area (Å²) in [5, 5.41) is 4.15. The minimum Gasteiger partial charge on any atom is -0.273 e. The average molecular weight is 273 g/mol. The summed E-state index contributed by atoms with van der Waals surface area (Å²) < 4.78 is 0. The van der Waals surface area contributed by atoms with Crippen LogP contribution in [0.25, 0.3) is 0 Å². The second-order valence-corrected chi connectivity index (χ2v) is 5.51. The lowest BCUT2D eigenvalue weighted by molar-refractivity contribution is -0.121. The maximum Gasteiger partial charge on any atom is 0.240 e. The van der Waals surface area contributed by atoms with E-state index in [2.05, 4.69) is 15.5 Å². The number of amides is 1. The van der Waals surface area contributed by atoms with E-state index < -0.39 is 0 Å². The molecule has 0 radical (unpaired) electrons. The second-order valence-electron chi connectivity index (χ2n) is 5.51. The highest BCUT2D eigenvalue weighted by atomic mass is 16.2. The number of carbonyl (C=O) groups is 1. The molecule has 1 fully saturated rings. The van der Waals surface area contributed by atoms with Crippen LogP contribution >= 0.6 is 0 Å². The highest BCUT2D eigenvalue weighted by Crippen LogP contribution is 2.27. The predicted molar refractivity (Wildman–Crippen MR) is 80.4 cm³/mol. The van der Waals surface area contributed by atoms with Gasteiger partial charge in [-0.25, -0.2) is 5.43 Å². The summed E-state index contributed by atoms with van der Waals surface area (Å²) in [5.41, 5.74) is 4.43. The van der Waals surface area contributed by atoms with E-state index >= 15 is 0 Å². The Labute approximate surface area is 120 Å². The molecule has 0 aliphatic heterocycles. The fourth-order valence-electron chi connectivity index (χ4n) is 2.67. The van der Waals surface area contributed by atoms with Crippen molar-refractivity contribution in [1.82, 2.24) is 10.4 Å². The van der Waals surface area contributed by atoms with Gasteiger partial charge < -0.3 is 0 Å². The van der Waals surface area contributed by atoms with E-state index in [1.165, 1.54) is 32.1 Å². The lowest BCUT2D eigenvalue weighted by Crippen LogP contribution is -2.20. The molecule has 0 atom stereocenters. The molecule has 4 nitrogen and oxygen atoms in total. The van der Waals surface area contributed by atoms with E-state index in [9.17, 15) is 4.79 Å². The minimum absolute atomic E-state index is 0.0176. The zero-order valence-electron chi connectivity index (χ0n) is 12.1. The molecule has 0 bridgehead atoms. The molecule has 1 heterocycles. The number of nitrogens with zero attached hydrogens (tertiary/aromatic N) is 2. The van der Waals surface area contributed by atoms with Gasteiger partial charge in [0.15, 0.2) is 0 Å². The Bertz CT molecular complexity index is 450. The number of nitrogens with one attached hydrogen (secondary N) is 1. The molecule has 0 spiro atoms. The summed E-state index contributed by atoms with van der Waals surface area (Å²) in [7, 11) is 0. The fraction of sp³-hybridized carbons (Fsp3) is 0.562. The quantitative estimate of drug-likeness (QED) is 0.661. The summed E-state index contributed by atoms with van der Waals surface area (Å²) in [6.45, 7) is 1.89. The van der Waals surface area contributed by atoms with Crippen molar-refractivity contribution in [1.29, 1.82) is 0 Å². The number of aromatic nitrogens is 1. The standard InChI is InChI=1S/C16H23N3O/c1-13(15-9-11-17-12-10-15)18-19-16(20)8-7-14-5-3-2-4-6-14/h9-12,14H,2-8H2,1H3,(H,19,20). The summed E-state index contributed by atoms with van der Waals surface area (Å²) in [6, 6.07) is 3.76.